The number of nitrogens with one attached hydrogen (secondary N) is 1. The van der Waals surface area contributed by atoms with E-state index in [9.17, 15) is 21.6 Å². The van der Waals surface area contributed by atoms with Gasteiger partial charge in [-0.05, 0) is 54.8 Å². The summed E-state index contributed by atoms with van der Waals surface area (Å²) in [4.78, 5) is 1.26. The third-order valence-electron chi connectivity index (χ3n) is 5.03. The lowest BCUT2D eigenvalue weighted by Gasteiger charge is -2.29. The van der Waals surface area contributed by atoms with Gasteiger partial charge in [-0.1, -0.05) is 0 Å². The predicted octanol–water partition coefficient (Wildman–Crippen LogP) is 3.27. The molecule has 1 heterocycles. The van der Waals surface area contributed by atoms with Crippen LogP contribution >= 0.6 is 12.4 Å². The predicted molar refractivity (Wildman–Crippen MR) is 112 cm³/mol. The fourth-order valence-corrected chi connectivity index (χ4v) is 4.58. The van der Waals surface area contributed by atoms with E-state index < -0.39 is 32.4 Å². The van der Waals surface area contributed by atoms with E-state index in [1.807, 2.05) is 12.1 Å². The van der Waals surface area contributed by atoms with Crippen LogP contribution in [0.15, 0.2) is 29.2 Å². The van der Waals surface area contributed by atoms with E-state index in [-0.39, 0.29) is 19.0 Å². The fraction of sp³-hybridized carbons (Fsp3) is 0.400. The Hall–Kier alpha value is -2.01. The van der Waals surface area contributed by atoms with Gasteiger partial charge in [0.25, 0.3) is 0 Å². The van der Waals surface area contributed by atoms with Crippen molar-refractivity contribution in [3.63, 3.8) is 0 Å². The number of nitrogens with zero attached hydrogens (tertiary/aromatic N) is 1. The second kappa shape index (κ2) is 10.5. The first-order valence-corrected chi connectivity index (χ1v) is 10.8. The van der Waals surface area contributed by atoms with Gasteiger partial charge >= 0.3 is 0 Å². The molecule has 6 nitrogen and oxygen atoms in total. The van der Waals surface area contributed by atoms with E-state index in [1.54, 1.807) is 14.2 Å². The zero-order valence-electron chi connectivity index (χ0n) is 17.1. The molecule has 172 valence electrons. The van der Waals surface area contributed by atoms with Crippen molar-refractivity contribution >= 4 is 22.4 Å². The summed E-state index contributed by atoms with van der Waals surface area (Å²) < 4.78 is 77.3. The van der Waals surface area contributed by atoms with E-state index in [1.165, 1.54) is 5.56 Å². The van der Waals surface area contributed by atoms with Gasteiger partial charge in [-0.2, -0.15) is 0 Å². The summed E-state index contributed by atoms with van der Waals surface area (Å²) in [5.41, 5.74) is 2.29. The number of benzene rings is 2. The summed E-state index contributed by atoms with van der Waals surface area (Å²) in [7, 11) is -1.11. The van der Waals surface area contributed by atoms with Crippen LogP contribution in [0.1, 0.15) is 17.5 Å². The topological polar surface area (TPSA) is 67.9 Å². The van der Waals surface area contributed by atoms with Gasteiger partial charge in [0, 0.05) is 19.6 Å². The lowest BCUT2D eigenvalue weighted by atomic mass is 9.98. The molecule has 2 aromatic rings. The standard InChI is InChI=1S/C20H23F3N2O4S.ClH/c1-28-16-10-13-6-9-25(12-14(13)11-17(16)29-2)8-3-7-24-30(26,27)18-5-4-15(21)19(22)20(18)23;/h4-5,10-11,24H,3,6-9,12H2,1-2H3;1H. The summed E-state index contributed by atoms with van der Waals surface area (Å²) in [6.45, 7) is 2.12. The molecule has 1 aliphatic rings. The number of hydrogen-bond acceptors (Lipinski definition) is 5. The summed E-state index contributed by atoms with van der Waals surface area (Å²) in [6.07, 6.45) is 1.29. The quantitative estimate of drug-likeness (QED) is 0.464. The molecular formula is C20H24ClF3N2O4S. The van der Waals surface area contributed by atoms with Gasteiger partial charge in [0.2, 0.25) is 10.0 Å². The summed E-state index contributed by atoms with van der Waals surface area (Å²) in [5, 5.41) is 0. The second-order valence-corrected chi connectivity index (χ2v) is 8.66. The Labute approximate surface area is 185 Å². The Bertz CT molecular complexity index is 1040. The van der Waals surface area contributed by atoms with Gasteiger partial charge in [-0.15, -0.1) is 12.4 Å². The molecule has 0 bridgehead atoms. The largest absolute Gasteiger partial charge is 0.493 e. The number of halogens is 4. The Morgan fingerprint density at radius 3 is 2.32 bits per heavy atom. The van der Waals surface area contributed by atoms with Crippen LogP contribution in [0.2, 0.25) is 0 Å². The van der Waals surface area contributed by atoms with E-state index >= 15 is 0 Å². The van der Waals surface area contributed by atoms with Crippen molar-refractivity contribution in [3.05, 3.63) is 52.8 Å². The highest BCUT2D eigenvalue weighted by atomic mass is 35.5. The molecule has 2 aromatic carbocycles. The maximum absolute atomic E-state index is 13.8. The van der Waals surface area contributed by atoms with Crippen molar-refractivity contribution in [2.75, 3.05) is 33.9 Å². The van der Waals surface area contributed by atoms with Crippen LogP contribution in [0.5, 0.6) is 11.5 Å². The van der Waals surface area contributed by atoms with Gasteiger partial charge in [0.1, 0.15) is 4.90 Å². The molecule has 3 rings (SSSR count). The summed E-state index contributed by atoms with van der Waals surface area (Å²) in [5.74, 6) is -3.63. The van der Waals surface area contributed by atoms with Crippen LogP contribution in [0, 0.1) is 17.5 Å². The average molecular weight is 481 g/mol. The van der Waals surface area contributed by atoms with Crippen molar-refractivity contribution < 1.29 is 31.1 Å². The molecule has 0 fully saturated rings. The third kappa shape index (κ3) is 5.62. The Balaban J connectivity index is 0.00000341. The van der Waals surface area contributed by atoms with Crippen molar-refractivity contribution in [2.45, 2.75) is 24.3 Å². The van der Waals surface area contributed by atoms with Crippen molar-refractivity contribution in [1.82, 2.24) is 9.62 Å². The molecule has 0 unspecified atom stereocenters. The summed E-state index contributed by atoms with van der Waals surface area (Å²) >= 11 is 0. The zero-order valence-corrected chi connectivity index (χ0v) is 18.7. The smallest absolute Gasteiger partial charge is 0.243 e. The molecule has 0 atom stereocenters. The first-order chi connectivity index (χ1) is 14.3. The minimum absolute atomic E-state index is 0. The number of fused-ring (bicyclic) bond motifs is 1. The van der Waals surface area contributed by atoms with E-state index in [2.05, 4.69) is 9.62 Å². The maximum Gasteiger partial charge on any atom is 0.243 e. The molecule has 0 radical (unpaired) electrons. The van der Waals surface area contributed by atoms with Crippen LogP contribution in [-0.4, -0.2) is 47.2 Å². The molecule has 0 aliphatic carbocycles. The average Bonchev–Trinajstić information content (AvgIpc) is 2.73. The number of sulfonamides is 1. The fourth-order valence-electron chi connectivity index (χ4n) is 3.44. The highest BCUT2D eigenvalue weighted by Crippen LogP contribution is 2.33. The number of ether oxygens (including phenoxy) is 2. The molecule has 0 amide bonds. The van der Waals surface area contributed by atoms with Gasteiger partial charge in [0.15, 0.2) is 29.0 Å². The first-order valence-electron chi connectivity index (χ1n) is 9.36. The van der Waals surface area contributed by atoms with Crippen molar-refractivity contribution in [1.29, 1.82) is 0 Å². The minimum Gasteiger partial charge on any atom is -0.493 e. The zero-order chi connectivity index (χ0) is 21.9. The molecular weight excluding hydrogens is 457 g/mol. The molecule has 11 heteroatoms. The molecule has 1 N–H and O–H groups in total. The van der Waals surface area contributed by atoms with Gasteiger partial charge in [0.05, 0.1) is 14.2 Å². The maximum atomic E-state index is 13.8. The molecule has 0 saturated heterocycles. The van der Waals surface area contributed by atoms with Gasteiger partial charge < -0.3 is 9.47 Å². The molecule has 0 aromatic heterocycles. The molecule has 1 aliphatic heterocycles. The Kier molecular flexibility index (Phi) is 8.58. The second-order valence-electron chi connectivity index (χ2n) is 6.93. The number of rotatable bonds is 8. The monoisotopic (exact) mass is 480 g/mol. The molecule has 31 heavy (non-hydrogen) atoms. The Morgan fingerprint density at radius 2 is 1.68 bits per heavy atom. The minimum atomic E-state index is -4.28. The Morgan fingerprint density at radius 1 is 1.03 bits per heavy atom. The number of hydrogen-bond donors (Lipinski definition) is 1. The normalized spacial score (nSPS) is 14.0. The number of methoxy groups -OCH3 is 2. The van der Waals surface area contributed by atoms with E-state index in [0.29, 0.717) is 43.1 Å². The lowest BCUT2D eigenvalue weighted by Crippen LogP contribution is -2.34. The third-order valence-corrected chi connectivity index (χ3v) is 6.51. The highest BCUT2D eigenvalue weighted by molar-refractivity contribution is 7.89. The van der Waals surface area contributed by atoms with Crippen LogP contribution in [-0.2, 0) is 23.0 Å². The lowest BCUT2D eigenvalue weighted by molar-refractivity contribution is 0.250. The summed E-state index contributed by atoms with van der Waals surface area (Å²) in [6, 6.07) is 5.20. The van der Waals surface area contributed by atoms with E-state index in [0.717, 1.165) is 18.5 Å². The van der Waals surface area contributed by atoms with Crippen molar-refractivity contribution in [2.24, 2.45) is 0 Å². The van der Waals surface area contributed by atoms with Gasteiger partial charge in [-0.3, -0.25) is 4.90 Å². The molecule has 0 saturated carbocycles. The van der Waals surface area contributed by atoms with Crippen LogP contribution in [0.25, 0.3) is 0 Å². The van der Waals surface area contributed by atoms with Crippen LogP contribution in [0.3, 0.4) is 0 Å². The molecule has 0 spiro atoms. The van der Waals surface area contributed by atoms with Crippen molar-refractivity contribution in [3.8, 4) is 11.5 Å². The van der Waals surface area contributed by atoms with E-state index in [4.69, 9.17) is 9.47 Å². The van der Waals surface area contributed by atoms with Crippen LogP contribution < -0.4 is 14.2 Å². The highest BCUT2D eigenvalue weighted by Gasteiger charge is 2.24. The SMILES string of the molecule is COc1cc2c(cc1OC)CN(CCCNS(=O)(=O)c1ccc(F)c(F)c1F)CC2.Cl. The van der Waals surface area contributed by atoms with Gasteiger partial charge in [-0.25, -0.2) is 26.3 Å². The van der Waals surface area contributed by atoms with Crippen LogP contribution in [0.4, 0.5) is 13.2 Å². The first kappa shape index (κ1) is 25.3.